The molecule has 4 aromatic rings. The molecular formula is C20H18N4O4S. The highest BCUT2D eigenvalue weighted by Crippen LogP contribution is 2.27. The van der Waals surface area contributed by atoms with Crippen molar-refractivity contribution in [3.8, 4) is 17.0 Å². The summed E-state index contributed by atoms with van der Waals surface area (Å²) in [4.78, 5) is 30.4. The molecule has 0 spiro atoms. The zero-order valence-corrected chi connectivity index (χ0v) is 16.1. The Balaban J connectivity index is 1.30. The molecule has 0 saturated carbocycles. The predicted octanol–water partition coefficient (Wildman–Crippen LogP) is 3.62. The molecule has 1 amide bonds. The molecule has 2 aromatic heterocycles. The van der Waals surface area contributed by atoms with E-state index < -0.39 is 5.76 Å². The molecule has 29 heavy (non-hydrogen) atoms. The Morgan fingerprint density at radius 3 is 3.00 bits per heavy atom. The lowest BCUT2D eigenvalue weighted by molar-refractivity contribution is -0.116. The minimum absolute atomic E-state index is 0.136. The number of hydrogen-bond donors (Lipinski definition) is 3. The Hall–Kier alpha value is -3.59. The van der Waals surface area contributed by atoms with Crippen molar-refractivity contribution in [2.24, 2.45) is 0 Å². The number of hydrogen-bond acceptors (Lipinski definition) is 7. The van der Waals surface area contributed by atoms with Crippen LogP contribution < -0.4 is 21.5 Å². The van der Waals surface area contributed by atoms with E-state index in [2.05, 4.69) is 15.3 Å². The number of anilines is 2. The highest BCUT2D eigenvalue weighted by molar-refractivity contribution is 7.14. The van der Waals surface area contributed by atoms with E-state index in [1.807, 2.05) is 23.6 Å². The van der Waals surface area contributed by atoms with Gasteiger partial charge in [0.05, 0.1) is 23.5 Å². The Labute approximate surface area is 169 Å². The number of aromatic amines is 1. The summed E-state index contributed by atoms with van der Waals surface area (Å²) in [6.07, 6.45) is 0.865. The lowest BCUT2D eigenvalue weighted by Gasteiger charge is -2.08. The summed E-state index contributed by atoms with van der Waals surface area (Å²) in [6.45, 7) is 0.395. The third kappa shape index (κ3) is 4.46. The van der Waals surface area contributed by atoms with Crippen molar-refractivity contribution in [2.45, 2.75) is 12.8 Å². The fourth-order valence-corrected chi connectivity index (χ4v) is 3.51. The second-order valence-corrected chi connectivity index (χ2v) is 7.16. The molecule has 2 heterocycles. The number of nitrogen functional groups attached to an aromatic ring is 1. The number of benzene rings is 2. The van der Waals surface area contributed by atoms with E-state index in [0.29, 0.717) is 52.8 Å². The van der Waals surface area contributed by atoms with Crippen LogP contribution in [-0.4, -0.2) is 22.5 Å². The maximum absolute atomic E-state index is 12.1. The lowest BCUT2D eigenvalue weighted by atomic mass is 10.1. The number of amides is 1. The maximum Gasteiger partial charge on any atom is 0.417 e. The van der Waals surface area contributed by atoms with Crippen molar-refractivity contribution < 1.29 is 13.9 Å². The van der Waals surface area contributed by atoms with E-state index in [9.17, 15) is 9.59 Å². The standard InChI is InChI=1S/C20H18N4O4S/c21-13-4-1-2-5-16(13)27-9-3-6-18(25)24-19-22-15(11-29-19)12-7-8-14-17(10-12)28-20(26)23-14/h1-2,4-5,7-8,10-11H,3,6,9,21H2,(H,23,26)(H,22,24,25). The van der Waals surface area contributed by atoms with E-state index in [-0.39, 0.29) is 5.91 Å². The molecule has 0 atom stereocenters. The molecular weight excluding hydrogens is 392 g/mol. The number of carbonyl (C=O) groups is 1. The molecule has 0 saturated heterocycles. The molecule has 0 aliphatic rings. The smallest absolute Gasteiger partial charge is 0.417 e. The number of rotatable bonds is 7. The van der Waals surface area contributed by atoms with E-state index in [1.54, 1.807) is 24.3 Å². The minimum Gasteiger partial charge on any atom is -0.491 e. The molecule has 8 nitrogen and oxygen atoms in total. The van der Waals surface area contributed by atoms with Gasteiger partial charge in [0.25, 0.3) is 0 Å². The van der Waals surface area contributed by atoms with Gasteiger partial charge in [0.15, 0.2) is 10.7 Å². The van der Waals surface area contributed by atoms with Crippen LogP contribution in [0.2, 0.25) is 0 Å². The highest BCUT2D eigenvalue weighted by Gasteiger charge is 2.10. The molecule has 4 rings (SSSR count). The number of oxazole rings is 1. The van der Waals surface area contributed by atoms with Gasteiger partial charge in [0.2, 0.25) is 5.91 Å². The van der Waals surface area contributed by atoms with Crippen LogP contribution in [0, 0.1) is 0 Å². The number of ether oxygens (including phenoxy) is 1. The molecule has 0 fully saturated rings. The average Bonchev–Trinajstić information content (AvgIpc) is 3.31. The average molecular weight is 410 g/mol. The normalized spacial score (nSPS) is 10.9. The molecule has 9 heteroatoms. The van der Waals surface area contributed by atoms with Gasteiger partial charge in [-0.25, -0.2) is 9.78 Å². The van der Waals surface area contributed by atoms with E-state index in [4.69, 9.17) is 14.9 Å². The van der Waals surface area contributed by atoms with Crippen LogP contribution in [0.5, 0.6) is 5.75 Å². The van der Waals surface area contributed by atoms with E-state index in [1.165, 1.54) is 11.3 Å². The van der Waals surface area contributed by atoms with Gasteiger partial charge in [-0.3, -0.25) is 9.78 Å². The maximum atomic E-state index is 12.1. The number of H-pyrrole nitrogens is 1. The summed E-state index contributed by atoms with van der Waals surface area (Å²) in [7, 11) is 0. The quantitative estimate of drug-likeness (QED) is 0.316. The first-order chi connectivity index (χ1) is 14.1. The zero-order valence-electron chi connectivity index (χ0n) is 15.3. The topological polar surface area (TPSA) is 123 Å². The van der Waals surface area contributed by atoms with Gasteiger partial charge >= 0.3 is 5.76 Å². The van der Waals surface area contributed by atoms with Gasteiger partial charge in [-0.2, -0.15) is 0 Å². The first-order valence-electron chi connectivity index (χ1n) is 8.94. The summed E-state index contributed by atoms with van der Waals surface area (Å²) in [6, 6.07) is 12.6. The zero-order chi connectivity index (χ0) is 20.2. The van der Waals surface area contributed by atoms with Crippen LogP contribution >= 0.6 is 11.3 Å². The van der Waals surface area contributed by atoms with Crippen molar-refractivity contribution in [3.63, 3.8) is 0 Å². The second-order valence-electron chi connectivity index (χ2n) is 6.30. The molecule has 0 aliphatic heterocycles. The number of carbonyl (C=O) groups excluding carboxylic acids is 1. The molecule has 148 valence electrons. The number of nitrogens with zero attached hydrogens (tertiary/aromatic N) is 1. The SMILES string of the molecule is Nc1ccccc1OCCCC(=O)Nc1nc(-c2ccc3[nH]c(=O)oc3c2)cs1. The van der Waals surface area contributed by atoms with Crippen molar-refractivity contribution in [3.05, 3.63) is 58.4 Å². The highest BCUT2D eigenvalue weighted by atomic mass is 32.1. The van der Waals surface area contributed by atoms with Crippen LogP contribution in [0.4, 0.5) is 10.8 Å². The number of nitrogens with two attached hydrogens (primary N) is 1. The molecule has 0 unspecified atom stereocenters. The van der Waals surface area contributed by atoms with Gasteiger partial charge < -0.3 is 20.2 Å². The largest absolute Gasteiger partial charge is 0.491 e. The van der Waals surface area contributed by atoms with E-state index >= 15 is 0 Å². The number of fused-ring (bicyclic) bond motifs is 1. The Kier molecular flexibility index (Phi) is 5.30. The van der Waals surface area contributed by atoms with Crippen LogP contribution in [-0.2, 0) is 4.79 Å². The summed E-state index contributed by atoms with van der Waals surface area (Å²) in [5.41, 5.74) is 8.97. The van der Waals surface area contributed by atoms with Crippen LogP contribution in [0.25, 0.3) is 22.4 Å². The Morgan fingerprint density at radius 2 is 2.14 bits per heavy atom. The van der Waals surface area contributed by atoms with Gasteiger partial charge in [-0.1, -0.05) is 18.2 Å². The van der Waals surface area contributed by atoms with Crippen LogP contribution in [0.3, 0.4) is 0 Å². The van der Waals surface area contributed by atoms with Gasteiger partial charge in [0, 0.05) is 17.4 Å². The lowest BCUT2D eigenvalue weighted by Crippen LogP contribution is -2.12. The molecule has 0 bridgehead atoms. The van der Waals surface area contributed by atoms with Crippen molar-refractivity contribution >= 4 is 39.2 Å². The summed E-state index contributed by atoms with van der Waals surface area (Å²) in [5.74, 6) is -0.0161. The Morgan fingerprint density at radius 1 is 1.28 bits per heavy atom. The minimum atomic E-state index is -0.498. The number of para-hydroxylation sites is 2. The number of thiazole rings is 1. The van der Waals surface area contributed by atoms with Gasteiger partial charge in [0.1, 0.15) is 5.75 Å². The fraction of sp³-hybridized carbons (Fsp3) is 0.150. The first kappa shape index (κ1) is 18.8. The summed E-state index contributed by atoms with van der Waals surface area (Å²) in [5, 5.41) is 5.14. The molecule has 0 radical (unpaired) electrons. The van der Waals surface area contributed by atoms with Crippen molar-refractivity contribution in [1.29, 1.82) is 0 Å². The molecule has 4 N–H and O–H groups in total. The third-order valence-electron chi connectivity index (χ3n) is 4.19. The van der Waals surface area contributed by atoms with Crippen LogP contribution in [0.15, 0.2) is 57.1 Å². The monoisotopic (exact) mass is 410 g/mol. The molecule has 0 aliphatic carbocycles. The van der Waals surface area contributed by atoms with Gasteiger partial charge in [-0.15, -0.1) is 11.3 Å². The van der Waals surface area contributed by atoms with Gasteiger partial charge in [-0.05, 0) is 30.7 Å². The second kappa shape index (κ2) is 8.19. The van der Waals surface area contributed by atoms with E-state index in [0.717, 1.165) is 5.56 Å². The molecule has 2 aromatic carbocycles. The summed E-state index contributed by atoms with van der Waals surface area (Å²) < 4.78 is 10.7. The number of nitrogens with one attached hydrogen (secondary N) is 2. The van der Waals surface area contributed by atoms with Crippen LogP contribution in [0.1, 0.15) is 12.8 Å². The van der Waals surface area contributed by atoms with Crippen molar-refractivity contribution in [2.75, 3.05) is 17.7 Å². The fourth-order valence-electron chi connectivity index (χ4n) is 2.78. The predicted molar refractivity (Wildman–Crippen MR) is 112 cm³/mol. The van der Waals surface area contributed by atoms with Crippen molar-refractivity contribution in [1.82, 2.24) is 9.97 Å². The summed E-state index contributed by atoms with van der Waals surface area (Å²) >= 11 is 1.33. The third-order valence-corrected chi connectivity index (χ3v) is 4.95. The first-order valence-corrected chi connectivity index (χ1v) is 9.82. The Bertz CT molecular complexity index is 1210. The number of aromatic nitrogens is 2.